The van der Waals surface area contributed by atoms with Crippen LogP contribution in [0.2, 0.25) is 0 Å². The molecule has 0 atom stereocenters. The van der Waals surface area contributed by atoms with Gasteiger partial charge in [-0.15, -0.1) is 11.3 Å². The quantitative estimate of drug-likeness (QED) is 0.787. The molecule has 102 valence electrons. The standard InChI is InChI=1S/C13H18N4OS/c1-13(4-3-5-13)7-17-12-8(6-14)9(15)10(19-12)11(18)16-2/h17H,3-5,7,15H2,1-2H3,(H,16,18). The van der Waals surface area contributed by atoms with E-state index in [9.17, 15) is 10.1 Å². The molecule has 1 aliphatic carbocycles. The molecule has 0 spiro atoms. The van der Waals surface area contributed by atoms with Crippen molar-refractivity contribution in [3.8, 4) is 6.07 Å². The number of nitrogens with zero attached hydrogens (tertiary/aromatic N) is 1. The van der Waals surface area contributed by atoms with Crippen molar-refractivity contribution in [2.45, 2.75) is 26.2 Å². The summed E-state index contributed by atoms with van der Waals surface area (Å²) in [7, 11) is 1.55. The summed E-state index contributed by atoms with van der Waals surface area (Å²) in [5.74, 6) is -0.248. The first-order valence-corrected chi connectivity index (χ1v) is 7.11. The van der Waals surface area contributed by atoms with E-state index in [1.54, 1.807) is 7.05 Å². The number of nitriles is 1. The number of rotatable bonds is 4. The molecule has 0 aliphatic heterocycles. The third kappa shape index (κ3) is 2.51. The number of thiophene rings is 1. The predicted molar refractivity (Wildman–Crippen MR) is 77.3 cm³/mol. The largest absolute Gasteiger partial charge is 0.396 e. The van der Waals surface area contributed by atoms with Crippen LogP contribution in [0.15, 0.2) is 0 Å². The lowest BCUT2D eigenvalue weighted by Crippen LogP contribution is -2.33. The van der Waals surface area contributed by atoms with Gasteiger partial charge in [0.2, 0.25) is 0 Å². The van der Waals surface area contributed by atoms with E-state index in [1.807, 2.05) is 0 Å². The van der Waals surface area contributed by atoms with E-state index in [0.717, 1.165) is 6.54 Å². The van der Waals surface area contributed by atoms with Crippen LogP contribution in [0.25, 0.3) is 0 Å². The van der Waals surface area contributed by atoms with E-state index in [-0.39, 0.29) is 11.6 Å². The molecule has 0 bridgehead atoms. The first-order chi connectivity index (χ1) is 9.00. The Bertz CT molecular complexity index is 540. The van der Waals surface area contributed by atoms with Gasteiger partial charge in [-0.3, -0.25) is 4.79 Å². The maximum absolute atomic E-state index is 11.7. The minimum absolute atomic E-state index is 0.248. The van der Waals surface area contributed by atoms with E-state index < -0.39 is 0 Å². The second kappa shape index (κ2) is 5.10. The maximum atomic E-state index is 11.7. The molecule has 0 saturated heterocycles. The lowest BCUT2D eigenvalue weighted by molar-refractivity contribution is 0.0968. The van der Waals surface area contributed by atoms with E-state index in [0.29, 0.717) is 20.9 Å². The smallest absolute Gasteiger partial charge is 0.263 e. The number of hydrogen-bond donors (Lipinski definition) is 3. The van der Waals surface area contributed by atoms with E-state index in [4.69, 9.17) is 5.73 Å². The van der Waals surface area contributed by atoms with Crippen molar-refractivity contribution in [3.05, 3.63) is 10.4 Å². The first-order valence-electron chi connectivity index (χ1n) is 6.29. The summed E-state index contributed by atoms with van der Waals surface area (Å²) in [4.78, 5) is 12.1. The van der Waals surface area contributed by atoms with Crippen LogP contribution in [0.1, 0.15) is 41.4 Å². The van der Waals surface area contributed by atoms with Crippen molar-refractivity contribution >= 4 is 27.9 Å². The van der Waals surface area contributed by atoms with Crippen molar-refractivity contribution in [3.63, 3.8) is 0 Å². The van der Waals surface area contributed by atoms with Crippen LogP contribution in [-0.2, 0) is 0 Å². The van der Waals surface area contributed by atoms with Gasteiger partial charge in [0.25, 0.3) is 5.91 Å². The van der Waals surface area contributed by atoms with Crippen LogP contribution >= 0.6 is 11.3 Å². The van der Waals surface area contributed by atoms with Gasteiger partial charge in [0.05, 0.1) is 5.69 Å². The highest BCUT2D eigenvalue weighted by Gasteiger charge is 2.32. The molecule has 19 heavy (non-hydrogen) atoms. The zero-order chi connectivity index (χ0) is 14.0. The van der Waals surface area contributed by atoms with Crippen molar-refractivity contribution in [1.82, 2.24) is 5.32 Å². The summed E-state index contributed by atoms with van der Waals surface area (Å²) in [6, 6.07) is 2.08. The second-order valence-corrected chi connectivity index (χ2v) is 6.28. The fourth-order valence-corrected chi connectivity index (χ4v) is 3.23. The lowest BCUT2D eigenvalue weighted by atomic mass is 9.70. The number of nitrogen functional groups attached to an aromatic ring is 1. The molecule has 0 radical (unpaired) electrons. The van der Waals surface area contributed by atoms with E-state index >= 15 is 0 Å². The van der Waals surface area contributed by atoms with Crippen LogP contribution in [0.5, 0.6) is 0 Å². The van der Waals surface area contributed by atoms with Gasteiger partial charge in [-0.1, -0.05) is 13.3 Å². The van der Waals surface area contributed by atoms with Gasteiger partial charge in [0.15, 0.2) is 0 Å². The predicted octanol–water partition coefficient (Wildman–Crippen LogP) is 2.16. The number of carbonyl (C=O) groups excluding carboxylic acids is 1. The topological polar surface area (TPSA) is 90.9 Å². The summed E-state index contributed by atoms with van der Waals surface area (Å²) < 4.78 is 0. The van der Waals surface area contributed by atoms with Crippen LogP contribution in [-0.4, -0.2) is 19.5 Å². The highest BCUT2D eigenvalue weighted by Crippen LogP contribution is 2.42. The fraction of sp³-hybridized carbons (Fsp3) is 0.538. The van der Waals surface area contributed by atoms with Crippen LogP contribution in [0.4, 0.5) is 10.7 Å². The van der Waals surface area contributed by atoms with Gasteiger partial charge in [-0.25, -0.2) is 0 Å². The molecular weight excluding hydrogens is 260 g/mol. The Labute approximate surface area is 116 Å². The minimum Gasteiger partial charge on any atom is -0.396 e. The van der Waals surface area contributed by atoms with Crippen molar-refractivity contribution in [2.24, 2.45) is 5.41 Å². The Kier molecular flexibility index (Phi) is 3.67. The Morgan fingerprint density at radius 1 is 1.58 bits per heavy atom. The van der Waals surface area contributed by atoms with Gasteiger partial charge in [0.1, 0.15) is 21.5 Å². The van der Waals surface area contributed by atoms with Crippen molar-refractivity contribution < 1.29 is 4.79 Å². The molecule has 1 fully saturated rings. The van der Waals surface area contributed by atoms with Crippen LogP contribution in [0, 0.1) is 16.7 Å². The molecule has 4 N–H and O–H groups in total. The number of hydrogen-bond acceptors (Lipinski definition) is 5. The summed E-state index contributed by atoms with van der Waals surface area (Å²) in [5, 5.41) is 15.7. The lowest BCUT2D eigenvalue weighted by Gasteiger charge is -2.38. The van der Waals surface area contributed by atoms with E-state index in [1.165, 1.54) is 30.6 Å². The number of anilines is 2. The zero-order valence-corrected chi connectivity index (χ0v) is 12.0. The van der Waals surface area contributed by atoms with Gasteiger partial charge < -0.3 is 16.4 Å². The Morgan fingerprint density at radius 3 is 2.74 bits per heavy atom. The average Bonchev–Trinajstić information content (AvgIpc) is 2.69. The fourth-order valence-electron chi connectivity index (χ4n) is 2.21. The molecular formula is C13H18N4OS. The number of nitrogens with one attached hydrogen (secondary N) is 2. The molecule has 5 nitrogen and oxygen atoms in total. The Morgan fingerprint density at radius 2 is 2.26 bits per heavy atom. The molecule has 1 aromatic rings. The SMILES string of the molecule is CNC(=O)c1sc(NCC2(C)CCC2)c(C#N)c1N. The van der Waals surface area contributed by atoms with Gasteiger partial charge in [-0.05, 0) is 18.3 Å². The number of amides is 1. The molecule has 1 saturated carbocycles. The molecule has 0 unspecified atom stereocenters. The average molecular weight is 278 g/mol. The highest BCUT2D eigenvalue weighted by molar-refractivity contribution is 7.18. The molecule has 6 heteroatoms. The third-order valence-corrected chi connectivity index (χ3v) is 4.89. The maximum Gasteiger partial charge on any atom is 0.263 e. The van der Waals surface area contributed by atoms with Gasteiger partial charge in [0, 0.05) is 13.6 Å². The highest BCUT2D eigenvalue weighted by atomic mass is 32.1. The third-order valence-electron chi connectivity index (χ3n) is 3.73. The van der Waals surface area contributed by atoms with Crippen LogP contribution in [0.3, 0.4) is 0 Å². The second-order valence-electron chi connectivity index (χ2n) is 5.26. The number of carbonyl (C=O) groups is 1. The van der Waals surface area contributed by atoms with E-state index in [2.05, 4.69) is 23.6 Å². The molecule has 0 aromatic carbocycles. The number of nitrogens with two attached hydrogens (primary N) is 1. The van der Waals surface area contributed by atoms with Gasteiger partial charge >= 0.3 is 0 Å². The monoisotopic (exact) mass is 278 g/mol. The van der Waals surface area contributed by atoms with Gasteiger partial charge in [-0.2, -0.15) is 5.26 Å². The summed E-state index contributed by atoms with van der Waals surface area (Å²) in [6.07, 6.45) is 3.66. The molecule has 1 heterocycles. The molecule has 1 aromatic heterocycles. The Balaban J connectivity index is 2.20. The summed E-state index contributed by atoms with van der Waals surface area (Å²) >= 11 is 1.25. The summed E-state index contributed by atoms with van der Waals surface area (Å²) in [5.41, 5.74) is 6.82. The molecule has 1 amide bonds. The molecule has 1 aliphatic rings. The van der Waals surface area contributed by atoms with Crippen LogP contribution < -0.4 is 16.4 Å². The summed E-state index contributed by atoms with van der Waals surface area (Å²) in [6.45, 7) is 3.04. The van der Waals surface area contributed by atoms with Crippen molar-refractivity contribution in [2.75, 3.05) is 24.6 Å². The van der Waals surface area contributed by atoms with Crippen molar-refractivity contribution in [1.29, 1.82) is 5.26 Å². The first kappa shape index (κ1) is 13.7. The zero-order valence-electron chi connectivity index (χ0n) is 11.2. The normalized spacial score (nSPS) is 16.3. The Hall–Kier alpha value is -1.74. The molecule has 2 rings (SSSR count). The minimum atomic E-state index is -0.248.